The normalized spacial score (nSPS) is 15.1. The topological polar surface area (TPSA) is 110 Å². The molecule has 3 aromatic rings. The van der Waals surface area contributed by atoms with Gasteiger partial charge >= 0.3 is 0 Å². The highest BCUT2D eigenvalue weighted by molar-refractivity contribution is 7.89. The first kappa shape index (κ1) is 24.7. The number of ether oxygens (including phenoxy) is 1. The van der Waals surface area contributed by atoms with Crippen molar-refractivity contribution in [2.75, 3.05) is 24.5 Å². The Morgan fingerprint density at radius 2 is 1.74 bits per heavy atom. The number of carbonyl (C=O) groups is 2. The summed E-state index contributed by atoms with van der Waals surface area (Å²) in [5, 5.41) is 1.95. The number of nitrogens with zero attached hydrogens (tertiary/aromatic N) is 2. The van der Waals surface area contributed by atoms with Crippen LogP contribution < -0.4 is 15.4 Å². The first-order valence-corrected chi connectivity index (χ1v) is 13.1. The molecule has 0 saturated carbocycles. The van der Waals surface area contributed by atoms with E-state index in [2.05, 4.69) is 0 Å². The third-order valence-electron chi connectivity index (χ3n) is 6.21. The average molecular weight is 496 g/mol. The minimum Gasteiger partial charge on any atom is -0.480 e. The molecular weight excluding hydrogens is 466 g/mol. The van der Waals surface area contributed by atoms with E-state index >= 15 is 0 Å². The van der Waals surface area contributed by atoms with Crippen molar-refractivity contribution in [3.63, 3.8) is 0 Å². The van der Waals surface area contributed by atoms with E-state index in [4.69, 9.17) is 10.5 Å². The Balaban J connectivity index is 1.61. The van der Waals surface area contributed by atoms with Crippen LogP contribution in [0.4, 0.5) is 5.69 Å². The molecule has 1 aliphatic heterocycles. The zero-order chi connectivity index (χ0) is 25.2. The highest BCUT2D eigenvalue weighted by Crippen LogP contribution is 2.30. The van der Waals surface area contributed by atoms with Gasteiger partial charge in [-0.25, -0.2) is 8.42 Å². The first-order chi connectivity index (χ1) is 16.7. The number of likely N-dealkylation sites (N-methyl/N-ethyl adjacent to an activating group) is 1. The Kier molecular flexibility index (Phi) is 7.09. The van der Waals surface area contributed by atoms with Crippen LogP contribution in [0, 0.1) is 0 Å². The van der Waals surface area contributed by atoms with Crippen LogP contribution in [0.15, 0.2) is 65.6 Å². The number of anilines is 1. The van der Waals surface area contributed by atoms with Gasteiger partial charge in [-0.1, -0.05) is 36.4 Å². The van der Waals surface area contributed by atoms with E-state index in [9.17, 15) is 18.0 Å². The third-order valence-corrected chi connectivity index (χ3v) is 8.11. The Bertz CT molecular complexity index is 1360. The summed E-state index contributed by atoms with van der Waals surface area (Å²) in [6.07, 6.45) is 0.647. The summed E-state index contributed by atoms with van der Waals surface area (Å²) in [6.45, 7) is 4.77. The fourth-order valence-corrected chi connectivity index (χ4v) is 5.94. The van der Waals surface area contributed by atoms with Crippen LogP contribution in [-0.4, -0.2) is 50.3 Å². The van der Waals surface area contributed by atoms with E-state index in [-0.39, 0.29) is 22.1 Å². The summed E-state index contributed by atoms with van der Waals surface area (Å²) >= 11 is 0. The van der Waals surface area contributed by atoms with Gasteiger partial charge in [0.2, 0.25) is 10.0 Å². The molecule has 4 rings (SSSR count). The first-order valence-electron chi connectivity index (χ1n) is 11.6. The predicted molar refractivity (Wildman–Crippen MR) is 135 cm³/mol. The van der Waals surface area contributed by atoms with Gasteiger partial charge in [0.05, 0.1) is 16.1 Å². The number of nitrogens with two attached hydrogens (primary N) is 1. The maximum Gasteiger partial charge on any atom is 0.267 e. The summed E-state index contributed by atoms with van der Waals surface area (Å²) in [7, 11) is -3.74. The van der Waals surface area contributed by atoms with Crippen molar-refractivity contribution >= 4 is 38.3 Å². The highest BCUT2D eigenvalue weighted by atomic mass is 32.2. The third kappa shape index (κ3) is 4.87. The van der Waals surface area contributed by atoms with Crippen LogP contribution in [0.2, 0.25) is 0 Å². The molecule has 9 heteroatoms. The second-order valence-electron chi connectivity index (χ2n) is 8.47. The molecule has 0 aliphatic carbocycles. The molecule has 35 heavy (non-hydrogen) atoms. The maximum absolute atomic E-state index is 13.4. The molecule has 2 N–H and O–H groups in total. The van der Waals surface area contributed by atoms with Gasteiger partial charge < -0.3 is 15.4 Å². The number of primary amides is 1. The SMILES string of the molecule is CCN(C(=O)[C@@H](C)Oc1ccc(S(=O)(=O)N2CCCC2)cc1C(N)=O)c1cccc2ccccc12. The van der Waals surface area contributed by atoms with Gasteiger partial charge in [-0.2, -0.15) is 4.31 Å². The maximum atomic E-state index is 13.4. The van der Waals surface area contributed by atoms with Crippen LogP contribution in [-0.2, 0) is 14.8 Å². The number of benzene rings is 3. The smallest absolute Gasteiger partial charge is 0.267 e. The monoisotopic (exact) mass is 495 g/mol. The molecule has 3 aromatic carbocycles. The van der Waals surface area contributed by atoms with E-state index in [1.807, 2.05) is 49.4 Å². The Morgan fingerprint density at radius 1 is 1.06 bits per heavy atom. The van der Waals surface area contributed by atoms with Gasteiger partial charge in [-0.05, 0) is 56.3 Å². The number of hydrogen-bond donors (Lipinski definition) is 1. The van der Waals surface area contributed by atoms with E-state index in [1.165, 1.54) is 22.5 Å². The molecule has 1 heterocycles. The van der Waals surface area contributed by atoms with Crippen LogP contribution in [0.1, 0.15) is 37.0 Å². The second-order valence-corrected chi connectivity index (χ2v) is 10.4. The Hall–Kier alpha value is -3.43. The fourth-order valence-electron chi connectivity index (χ4n) is 4.39. The van der Waals surface area contributed by atoms with Crippen LogP contribution >= 0.6 is 0 Å². The van der Waals surface area contributed by atoms with Crippen molar-refractivity contribution in [2.24, 2.45) is 5.73 Å². The molecule has 0 aromatic heterocycles. The molecule has 2 amide bonds. The fraction of sp³-hybridized carbons (Fsp3) is 0.308. The quantitative estimate of drug-likeness (QED) is 0.514. The molecular formula is C26H29N3O5S. The van der Waals surface area contributed by atoms with Gasteiger partial charge in [0.15, 0.2) is 6.10 Å². The van der Waals surface area contributed by atoms with Gasteiger partial charge in [-0.3, -0.25) is 9.59 Å². The second kappa shape index (κ2) is 10.1. The molecule has 1 aliphatic rings. The van der Waals surface area contributed by atoms with E-state index < -0.39 is 22.0 Å². The Morgan fingerprint density at radius 3 is 2.43 bits per heavy atom. The molecule has 0 spiro atoms. The lowest BCUT2D eigenvalue weighted by molar-refractivity contribution is -0.124. The summed E-state index contributed by atoms with van der Waals surface area (Å²) in [6, 6.07) is 17.5. The van der Waals surface area contributed by atoms with Crippen LogP contribution in [0.3, 0.4) is 0 Å². The molecule has 184 valence electrons. The standard InChI is InChI=1S/C26H29N3O5S/c1-3-29(23-12-8-10-19-9-4-5-11-21(19)23)26(31)18(2)34-24-14-13-20(17-22(24)25(27)30)35(32,33)28-15-6-7-16-28/h4-5,8-14,17-18H,3,6-7,15-16H2,1-2H3,(H2,27,30)/t18-/m1/s1. The average Bonchev–Trinajstić information content (AvgIpc) is 3.40. The minimum atomic E-state index is -3.74. The largest absolute Gasteiger partial charge is 0.480 e. The van der Waals surface area contributed by atoms with Crippen LogP contribution in [0.5, 0.6) is 5.75 Å². The minimum absolute atomic E-state index is 0.0227. The van der Waals surface area contributed by atoms with Gasteiger partial charge in [-0.15, -0.1) is 0 Å². The lowest BCUT2D eigenvalue weighted by atomic mass is 10.1. The molecule has 0 radical (unpaired) electrons. The molecule has 1 saturated heterocycles. The molecule has 8 nitrogen and oxygen atoms in total. The van der Waals surface area contributed by atoms with Crippen molar-refractivity contribution < 1.29 is 22.7 Å². The van der Waals surface area contributed by atoms with Crippen molar-refractivity contribution in [1.82, 2.24) is 4.31 Å². The van der Waals surface area contributed by atoms with Gasteiger partial charge in [0.1, 0.15) is 5.75 Å². The van der Waals surface area contributed by atoms with E-state index in [0.717, 1.165) is 29.3 Å². The highest BCUT2D eigenvalue weighted by Gasteiger charge is 2.30. The zero-order valence-corrected chi connectivity index (χ0v) is 20.6. The number of hydrogen-bond acceptors (Lipinski definition) is 5. The number of sulfonamides is 1. The summed E-state index contributed by atoms with van der Waals surface area (Å²) in [5.74, 6) is -1.07. The zero-order valence-electron chi connectivity index (χ0n) is 19.8. The number of carbonyl (C=O) groups excluding carboxylic acids is 2. The number of amides is 2. The molecule has 0 unspecified atom stereocenters. The lowest BCUT2D eigenvalue weighted by Crippen LogP contribution is -2.41. The predicted octanol–water partition coefficient (Wildman–Crippen LogP) is 3.54. The van der Waals surface area contributed by atoms with Gasteiger partial charge in [0.25, 0.3) is 11.8 Å². The van der Waals surface area contributed by atoms with Crippen molar-refractivity contribution in [1.29, 1.82) is 0 Å². The van der Waals surface area contributed by atoms with Crippen molar-refractivity contribution in [3.05, 3.63) is 66.2 Å². The number of fused-ring (bicyclic) bond motifs is 1. The van der Waals surface area contributed by atoms with Crippen molar-refractivity contribution in [2.45, 2.75) is 37.7 Å². The summed E-state index contributed by atoms with van der Waals surface area (Å²) in [5.41, 5.74) is 6.22. The molecule has 0 bridgehead atoms. The molecule has 1 atom stereocenters. The molecule has 1 fully saturated rings. The summed E-state index contributed by atoms with van der Waals surface area (Å²) < 4.78 is 33.1. The van der Waals surface area contributed by atoms with E-state index in [1.54, 1.807) is 11.8 Å². The lowest BCUT2D eigenvalue weighted by Gasteiger charge is -2.26. The van der Waals surface area contributed by atoms with Gasteiger partial charge in [0, 0.05) is 25.0 Å². The van der Waals surface area contributed by atoms with E-state index in [0.29, 0.717) is 19.6 Å². The Labute approximate surface area is 205 Å². The van der Waals surface area contributed by atoms with Crippen molar-refractivity contribution in [3.8, 4) is 5.75 Å². The summed E-state index contributed by atoms with van der Waals surface area (Å²) in [4.78, 5) is 27.2. The van der Waals surface area contributed by atoms with Crippen LogP contribution in [0.25, 0.3) is 10.8 Å². The number of rotatable bonds is 8.